The molecule has 8 nitrogen and oxygen atoms in total. The molecule has 2 amide bonds. The molecule has 1 aromatic carbocycles. The van der Waals surface area contributed by atoms with Gasteiger partial charge in [0.1, 0.15) is 5.69 Å². The molecule has 3 rings (SSSR count). The van der Waals surface area contributed by atoms with Crippen LogP contribution in [0, 0.1) is 0 Å². The molecular weight excluding hydrogens is 304 g/mol. The number of aromatic amines is 1. The second-order valence-electron chi connectivity index (χ2n) is 5.03. The molecule has 120 valence electrons. The van der Waals surface area contributed by atoms with Gasteiger partial charge >= 0.3 is 5.97 Å². The van der Waals surface area contributed by atoms with Crippen molar-refractivity contribution in [2.45, 2.75) is 6.42 Å². The fourth-order valence-electron chi connectivity index (χ4n) is 2.68. The number of carbonyl (C=O) groups excluding carboxylic acids is 2. The van der Waals surface area contributed by atoms with Crippen LogP contribution in [0.4, 0.5) is 0 Å². The van der Waals surface area contributed by atoms with Crippen molar-refractivity contribution in [3.05, 3.63) is 23.4 Å². The van der Waals surface area contributed by atoms with Gasteiger partial charge in [-0.05, 0) is 6.07 Å². The van der Waals surface area contributed by atoms with Crippen molar-refractivity contribution in [2.24, 2.45) is 0 Å². The van der Waals surface area contributed by atoms with Crippen LogP contribution in [0.2, 0.25) is 0 Å². The third-order valence-electron chi connectivity index (χ3n) is 3.77. The van der Waals surface area contributed by atoms with Gasteiger partial charge in [-0.3, -0.25) is 19.3 Å². The van der Waals surface area contributed by atoms with E-state index in [1.165, 1.54) is 14.2 Å². The molecule has 0 aliphatic carbocycles. The monoisotopic (exact) mass is 318 g/mol. The van der Waals surface area contributed by atoms with Crippen LogP contribution in [0.15, 0.2) is 12.1 Å². The summed E-state index contributed by atoms with van der Waals surface area (Å²) in [6, 6.07) is 3.27. The van der Waals surface area contributed by atoms with Gasteiger partial charge in [0.2, 0.25) is 0 Å². The topological polar surface area (TPSA) is 109 Å². The minimum atomic E-state index is -1.07. The van der Waals surface area contributed by atoms with E-state index in [9.17, 15) is 14.4 Å². The number of carbonyl (C=O) groups is 3. The predicted molar refractivity (Wildman–Crippen MR) is 79.0 cm³/mol. The molecule has 8 heteroatoms. The third-order valence-corrected chi connectivity index (χ3v) is 3.77. The number of nitrogens with zero attached hydrogens (tertiary/aromatic N) is 1. The lowest BCUT2D eigenvalue weighted by Crippen LogP contribution is -2.32. The van der Waals surface area contributed by atoms with Crippen LogP contribution in [-0.4, -0.2) is 53.5 Å². The number of benzene rings is 1. The van der Waals surface area contributed by atoms with E-state index < -0.39 is 17.8 Å². The largest absolute Gasteiger partial charge is 0.493 e. The van der Waals surface area contributed by atoms with Gasteiger partial charge in [0.05, 0.1) is 31.7 Å². The molecule has 2 aromatic rings. The molecule has 0 unspecified atom stereocenters. The molecule has 23 heavy (non-hydrogen) atoms. The molecule has 0 radical (unpaired) electrons. The molecular formula is C15H14N2O6. The highest BCUT2D eigenvalue weighted by molar-refractivity contribution is 6.26. The van der Waals surface area contributed by atoms with Crippen molar-refractivity contribution in [3.63, 3.8) is 0 Å². The standard InChI is InChI=1S/C15H14N2O6/c1-22-9-5-7-8(6-10(9)23-2)16-13-12(7)14(20)17(15(13)21)4-3-11(18)19/h5-6,16H,3-4H2,1-2H3,(H,18,19). The highest BCUT2D eigenvalue weighted by Gasteiger charge is 2.39. The first-order chi connectivity index (χ1) is 11.0. The number of aromatic nitrogens is 1. The number of rotatable bonds is 5. The second kappa shape index (κ2) is 5.31. The van der Waals surface area contributed by atoms with Gasteiger partial charge < -0.3 is 19.6 Å². The van der Waals surface area contributed by atoms with Crippen LogP contribution in [0.25, 0.3) is 10.9 Å². The van der Waals surface area contributed by atoms with Gasteiger partial charge in [-0.25, -0.2) is 0 Å². The van der Waals surface area contributed by atoms with Gasteiger partial charge in [0.25, 0.3) is 11.8 Å². The normalized spacial score (nSPS) is 13.6. The Morgan fingerprint density at radius 2 is 1.83 bits per heavy atom. The van der Waals surface area contributed by atoms with Crippen molar-refractivity contribution in [1.29, 1.82) is 0 Å². The fourth-order valence-corrected chi connectivity index (χ4v) is 2.68. The molecule has 1 aliphatic rings. The molecule has 0 bridgehead atoms. The van der Waals surface area contributed by atoms with Crippen molar-refractivity contribution in [2.75, 3.05) is 20.8 Å². The first-order valence-electron chi connectivity index (χ1n) is 6.83. The van der Waals surface area contributed by atoms with Crippen molar-refractivity contribution in [1.82, 2.24) is 9.88 Å². The first kappa shape index (κ1) is 14.9. The Kier molecular flexibility index (Phi) is 3.44. The number of hydrogen-bond acceptors (Lipinski definition) is 5. The Morgan fingerprint density at radius 3 is 2.43 bits per heavy atom. The van der Waals surface area contributed by atoms with Crippen LogP contribution < -0.4 is 9.47 Å². The molecule has 0 fully saturated rings. The number of imide groups is 1. The Labute approximate surface area is 130 Å². The Balaban J connectivity index is 2.08. The molecule has 0 spiro atoms. The lowest BCUT2D eigenvalue weighted by Gasteiger charge is -2.13. The number of hydrogen-bond donors (Lipinski definition) is 2. The maximum Gasteiger partial charge on any atom is 0.305 e. The second-order valence-corrected chi connectivity index (χ2v) is 5.03. The average Bonchev–Trinajstić information content (AvgIpc) is 3.00. The van der Waals surface area contributed by atoms with Gasteiger partial charge in [-0.1, -0.05) is 0 Å². The van der Waals surface area contributed by atoms with Gasteiger partial charge in [-0.2, -0.15) is 0 Å². The smallest absolute Gasteiger partial charge is 0.305 e. The van der Waals surface area contributed by atoms with Crippen LogP contribution in [0.3, 0.4) is 0 Å². The number of carboxylic acids is 1. The summed E-state index contributed by atoms with van der Waals surface area (Å²) >= 11 is 0. The van der Waals surface area contributed by atoms with Crippen LogP contribution in [0.5, 0.6) is 11.5 Å². The zero-order valence-electron chi connectivity index (χ0n) is 12.5. The molecule has 0 atom stereocenters. The molecule has 1 aliphatic heterocycles. The summed E-state index contributed by atoms with van der Waals surface area (Å²) in [4.78, 5) is 39.3. The summed E-state index contributed by atoms with van der Waals surface area (Å²) in [6.07, 6.45) is -0.295. The van der Waals surface area contributed by atoms with Crippen LogP contribution in [0.1, 0.15) is 27.3 Å². The Hall–Kier alpha value is -3.03. The van der Waals surface area contributed by atoms with E-state index in [2.05, 4.69) is 4.98 Å². The maximum absolute atomic E-state index is 12.5. The number of methoxy groups -OCH3 is 2. The Bertz CT molecular complexity index is 838. The van der Waals surface area contributed by atoms with E-state index in [0.717, 1.165) is 4.90 Å². The molecule has 0 saturated carbocycles. The van der Waals surface area contributed by atoms with Crippen molar-refractivity contribution >= 4 is 28.7 Å². The number of fused-ring (bicyclic) bond motifs is 3. The maximum atomic E-state index is 12.5. The quantitative estimate of drug-likeness (QED) is 0.803. The summed E-state index contributed by atoms with van der Waals surface area (Å²) in [5, 5.41) is 9.26. The molecule has 2 N–H and O–H groups in total. The van der Waals surface area contributed by atoms with E-state index in [-0.39, 0.29) is 24.2 Å². The number of H-pyrrole nitrogens is 1. The average molecular weight is 318 g/mol. The minimum absolute atomic E-state index is 0.158. The molecule has 0 saturated heterocycles. The van der Waals surface area contributed by atoms with Gasteiger partial charge in [-0.15, -0.1) is 0 Å². The predicted octanol–water partition coefficient (Wildman–Crippen LogP) is 1.26. The van der Waals surface area contributed by atoms with Gasteiger partial charge in [0.15, 0.2) is 11.5 Å². The zero-order chi connectivity index (χ0) is 16.7. The Morgan fingerprint density at radius 1 is 1.17 bits per heavy atom. The third kappa shape index (κ3) is 2.19. The number of amides is 2. The summed E-state index contributed by atoms with van der Waals surface area (Å²) < 4.78 is 10.4. The lowest BCUT2D eigenvalue weighted by atomic mass is 10.1. The minimum Gasteiger partial charge on any atom is -0.493 e. The van der Waals surface area contributed by atoms with Crippen molar-refractivity contribution in [3.8, 4) is 11.5 Å². The highest BCUT2D eigenvalue weighted by atomic mass is 16.5. The van der Waals surface area contributed by atoms with Gasteiger partial charge in [0, 0.05) is 18.0 Å². The van der Waals surface area contributed by atoms with E-state index in [4.69, 9.17) is 14.6 Å². The SMILES string of the molecule is COc1cc2[nH]c3c(c2cc1OC)C(=O)N(CCC(=O)O)C3=O. The first-order valence-corrected chi connectivity index (χ1v) is 6.83. The fraction of sp³-hybridized carbons (Fsp3) is 0.267. The summed E-state index contributed by atoms with van der Waals surface area (Å²) in [5.74, 6) is -1.20. The summed E-state index contributed by atoms with van der Waals surface area (Å²) in [7, 11) is 2.97. The summed E-state index contributed by atoms with van der Waals surface area (Å²) in [5.41, 5.74) is 0.967. The highest BCUT2D eigenvalue weighted by Crippen LogP contribution is 2.37. The van der Waals surface area contributed by atoms with E-state index in [1.54, 1.807) is 12.1 Å². The van der Waals surface area contributed by atoms with Crippen LogP contribution in [-0.2, 0) is 4.79 Å². The molecule has 1 aromatic heterocycles. The van der Waals surface area contributed by atoms with E-state index in [0.29, 0.717) is 22.4 Å². The number of nitrogens with one attached hydrogen (secondary N) is 1. The lowest BCUT2D eigenvalue weighted by molar-refractivity contribution is -0.137. The van der Waals surface area contributed by atoms with E-state index >= 15 is 0 Å². The summed E-state index contributed by atoms with van der Waals surface area (Å²) in [6.45, 7) is -0.162. The van der Waals surface area contributed by atoms with E-state index in [1.807, 2.05) is 0 Å². The van der Waals surface area contributed by atoms with Crippen LogP contribution >= 0.6 is 0 Å². The zero-order valence-corrected chi connectivity index (χ0v) is 12.5. The number of carboxylic acid groups (broad SMARTS) is 1. The number of ether oxygens (including phenoxy) is 2. The van der Waals surface area contributed by atoms with Crippen molar-refractivity contribution < 1.29 is 29.0 Å². The number of aliphatic carboxylic acids is 1. The molecule has 2 heterocycles.